The van der Waals surface area contributed by atoms with Gasteiger partial charge < -0.3 is 20.1 Å². The van der Waals surface area contributed by atoms with Gasteiger partial charge in [-0.25, -0.2) is 4.79 Å². The van der Waals surface area contributed by atoms with Crippen LogP contribution in [0.4, 0.5) is 10.5 Å². The van der Waals surface area contributed by atoms with Gasteiger partial charge in [0.2, 0.25) is 5.79 Å². The molecule has 1 aromatic rings. The van der Waals surface area contributed by atoms with E-state index in [4.69, 9.17) is 9.47 Å². The van der Waals surface area contributed by atoms with E-state index in [1.165, 1.54) is 19.3 Å². The van der Waals surface area contributed by atoms with Gasteiger partial charge in [-0.3, -0.25) is 0 Å². The molecule has 0 unspecified atom stereocenters. The molecule has 1 aliphatic carbocycles. The molecule has 1 fully saturated rings. The van der Waals surface area contributed by atoms with Crippen LogP contribution in [0.2, 0.25) is 0 Å². The number of urea groups is 1. The molecular weight excluding hydrogens is 268 g/mol. The fourth-order valence-electron chi connectivity index (χ4n) is 2.90. The van der Waals surface area contributed by atoms with E-state index >= 15 is 0 Å². The molecule has 0 bridgehead atoms. The van der Waals surface area contributed by atoms with E-state index in [9.17, 15) is 4.79 Å². The Morgan fingerprint density at radius 2 is 1.86 bits per heavy atom. The summed E-state index contributed by atoms with van der Waals surface area (Å²) in [6.45, 7) is 3.71. The first kappa shape index (κ1) is 14.0. The molecule has 5 heteroatoms. The normalized spacial score (nSPS) is 20.1. The fourth-order valence-corrected chi connectivity index (χ4v) is 2.90. The van der Waals surface area contributed by atoms with Crippen molar-refractivity contribution in [2.24, 2.45) is 0 Å². The number of fused-ring (bicyclic) bond motifs is 1. The van der Waals surface area contributed by atoms with Crippen LogP contribution in [0.5, 0.6) is 11.5 Å². The number of amides is 2. The molecule has 0 saturated heterocycles. The number of benzene rings is 1. The van der Waals surface area contributed by atoms with Gasteiger partial charge in [0.25, 0.3) is 0 Å². The Hall–Kier alpha value is -1.91. The molecule has 114 valence electrons. The lowest BCUT2D eigenvalue weighted by Gasteiger charge is -2.22. The first-order chi connectivity index (χ1) is 10.0. The van der Waals surface area contributed by atoms with E-state index in [0.29, 0.717) is 23.2 Å². The fraction of sp³-hybridized carbons (Fsp3) is 0.562. The third kappa shape index (κ3) is 3.40. The van der Waals surface area contributed by atoms with E-state index in [-0.39, 0.29) is 6.03 Å². The predicted molar refractivity (Wildman–Crippen MR) is 80.8 cm³/mol. The molecule has 2 aliphatic rings. The van der Waals surface area contributed by atoms with E-state index in [1.54, 1.807) is 6.07 Å². The van der Waals surface area contributed by atoms with Crippen LogP contribution in [0, 0.1) is 0 Å². The number of ether oxygens (including phenoxy) is 2. The van der Waals surface area contributed by atoms with Gasteiger partial charge in [-0.05, 0) is 25.0 Å². The van der Waals surface area contributed by atoms with Gasteiger partial charge in [-0.2, -0.15) is 0 Å². The minimum absolute atomic E-state index is 0.153. The minimum atomic E-state index is -0.648. The lowest BCUT2D eigenvalue weighted by Crippen LogP contribution is -2.38. The van der Waals surface area contributed by atoms with Gasteiger partial charge in [0.15, 0.2) is 11.5 Å². The van der Waals surface area contributed by atoms with Gasteiger partial charge in [0.1, 0.15) is 0 Å². The molecule has 0 radical (unpaired) electrons. The van der Waals surface area contributed by atoms with Crippen molar-refractivity contribution in [1.82, 2.24) is 5.32 Å². The highest BCUT2D eigenvalue weighted by atomic mass is 16.7. The van der Waals surface area contributed by atoms with E-state index in [2.05, 4.69) is 10.6 Å². The third-order valence-electron chi connectivity index (χ3n) is 3.85. The molecule has 2 amide bonds. The summed E-state index contributed by atoms with van der Waals surface area (Å²) < 4.78 is 11.3. The first-order valence-corrected chi connectivity index (χ1v) is 7.61. The molecular formula is C16H22N2O3. The van der Waals surface area contributed by atoms with Crippen LogP contribution >= 0.6 is 0 Å². The van der Waals surface area contributed by atoms with Crippen LogP contribution in [-0.2, 0) is 0 Å². The summed E-state index contributed by atoms with van der Waals surface area (Å²) in [4.78, 5) is 12.0. The van der Waals surface area contributed by atoms with E-state index in [0.717, 1.165) is 12.8 Å². The Balaban J connectivity index is 1.59. The lowest BCUT2D eigenvalue weighted by molar-refractivity contribution is -0.0431. The van der Waals surface area contributed by atoms with Crippen molar-refractivity contribution in [2.75, 3.05) is 5.32 Å². The molecule has 1 aliphatic heterocycles. The van der Waals surface area contributed by atoms with Crippen molar-refractivity contribution < 1.29 is 14.3 Å². The summed E-state index contributed by atoms with van der Waals surface area (Å²) in [7, 11) is 0. The standard InChI is InChI=1S/C16H22N2O3/c1-16(2)20-13-9-8-12(10-14(13)21-16)18-15(19)17-11-6-4-3-5-7-11/h8-11H,3-7H2,1-2H3,(H2,17,18,19). The van der Waals surface area contributed by atoms with Gasteiger partial charge in [-0.1, -0.05) is 19.3 Å². The molecule has 1 heterocycles. The molecule has 2 N–H and O–H groups in total. The Morgan fingerprint density at radius 3 is 2.62 bits per heavy atom. The Kier molecular flexibility index (Phi) is 3.66. The van der Waals surface area contributed by atoms with Crippen molar-refractivity contribution in [1.29, 1.82) is 0 Å². The molecule has 3 rings (SSSR count). The predicted octanol–water partition coefficient (Wildman–Crippen LogP) is 3.65. The zero-order valence-corrected chi connectivity index (χ0v) is 12.6. The largest absolute Gasteiger partial charge is 0.449 e. The number of anilines is 1. The van der Waals surface area contributed by atoms with Gasteiger partial charge in [-0.15, -0.1) is 0 Å². The van der Waals surface area contributed by atoms with E-state index in [1.807, 2.05) is 26.0 Å². The smallest absolute Gasteiger partial charge is 0.319 e. The second kappa shape index (κ2) is 5.47. The SMILES string of the molecule is CC1(C)Oc2ccc(NC(=O)NC3CCCCC3)cc2O1. The number of hydrogen-bond acceptors (Lipinski definition) is 3. The van der Waals surface area contributed by atoms with Crippen molar-refractivity contribution >= 4 is 11.7 Å². The monoisotopic (exact) mass is 290 g/mol. The average Bonchev–Trinajstić information content (AvgIpc) is 2.73. The maximum absolute atomic E-state index is 12.0. The number of carbonyl (C=O) groups excluding carboxylic acids is 1. The highest BCUT2D eigenvalue weighted by molar-refractivity contribution is 5.89. The second-order valence-electron chi connectivity index (χ2n) is 6.20. The third-order valence-corrected chi connectivity index (χ3v) is 3.85. The molecule has 21 heavy (non-hydrogen) atoms. The van der Waals surface area contributed by atoms with Crippen LogP contribution in [0.15, 0.2) is 18.2 Å². The highest BCUT2D eigenvalue weighted by Crippen LogP contribution is 2.40. The summed E-state index contributed by atoms with van der Waals surface area (Å²) in [5.74, 6) is 0.722. The topological polar surface area (TPSA) is 59.6 Å². The van der Waals surface area contributed by atoms with Crippen molar-refractivity contribution in [2.45, 2.75) is 57.8 Å². The summed E-state index contributed by atoms with van der Waals surface area (Å²) in [5, 5.41) is 5.89. The molecule has 0 atom stereocenters. The van der Waals surface area contributed by atoms with Crippen molar-refractivity contribution in [3.05, 3.63) is 18.2 Å². The Labute approximate surface area is 125 Å². The second-order valence-corrected chi connectivity index (χ2v) is 6.20. The van der Waals surface area contributed by atoms with Crippen LogP contribution in [0.25, 0.3) is 0 Å². The summed E-state index contributed by atoms with van der Waals surface area (Å²) in [6.07, 6.45) is 5.82. The molecule has 1 saturated carbocycles. The zero-order valence-electron chi connectivity index (χ0n) is 12.6. The highest BCUT2D eigenvalue weighted by Gasteiger charge is 2.31. The maximum Gasteiger partial charge on any atom is 0.319 e. The van der Waals surface area contributed by atoms with Crippen LogP contribution < -0.4 is 20.1 Å². The summed E-state index contributed by atoms with van der Waals surface area (Å²) in [6, 6.07) is 5.58. The maximum atomic E-state index is 12.0. The zero-order chi connectivity index (χ0) is 14.9. The lowest BCUT2D eigenvalue weighted by atomic mass is 9.96. The average molecular weight is 290 g/mol. The number of hydrogen-bond donors (Lipinski definition) is 2. The quantitative estimate of drug-likeness (QED) is 0.874. The summed E-state index contributed by atoms with van der Waals surface area (Å²) in [5.41, 5.74) is 0.711. The van der Waals surface area contributed by atoms with Crippen LogP contribution in [0.3, 0.4) is 0 Å². The molecule has 1 aromatic carbocycles. The van der Waals surface area contributed by atoms with Crippen molar-refractivity contribution in [3.8, 4) is 11.5 Å². The van der Waals surface area contributed by atoms with Gasteiger partial charge >= 0.3 is 6.03 Å². The van der Waals surface area contributed by atoms with Crippen LogP contribution in [0.1, 0.15) is 46.0 Å². The Bertz CT molecular complexity index is 536. The number of carbonyl (C=O) groups is 1. The molecule has 0 aromatic heterocycles. The van der Waals surface area contributed by atoms with E-state index < -0.39 is 5.79 Å². The summed E-state index contributed by atoms with van der Waals surface area (Å²) >= 11 is 0. The molecule has 0 spiro atoms. The Morgan fingerprint density at radius 1 is 1.14 bits per heavy atom. The van der Waals surface area contributed by atoms with Gasteiger partial charge in [0, 0.05) is 31.6 Å². The number of nitrogens with one attached hydrogen (secondary N) is 2. The first-order valence-electron chi connectivity index (χ1n) is 7.61. The van der Waals surface area contributed by atoms with Crippen molar-refractivity contribution in [3.63, 3.8) is 0 Å². The van der Waals surface area contributed by atoms with Crippen LogP contribution in [-0.4, -0.2) is 17.9 Å². The van der Waals surface area contributed by atoms with Gasteiger partial charge in [0.05, 0.1) is 0 Å². The molecule has 5 nitrogen and oxygen atoms in total. The minimum Gasteiger partial charge on any atom is -0.449 e. The number of rotatable bonds is 2.